The molecule has 1 aromatic rings. The third-order valence-electron chi connectivity index (χ3n) is 2.49. The third kappa shape index (κ3) is 3.47. The molecule has 0 radical (unpaired) electrons. The number of carbonyl (C=O) groups is 2. The lowest BCUT2D eigenvalue weighted by Gasteiger charge is -2.10. The first-order chi connectivity index (χ1) is 7.91. The van der Waals surface area contributed by atoms with Gasteiger partial charge in [0, 0.05) is 24.8 Å². The number of hydrogen-bond acceptors (Lipinski definition) is 3. The fourth-order valence-corrected chi connectivity index (χ4v) is 1.20. The number of nitrogens with one attached hydrogen (secondary N) is 2. The fraction of sp³-hybridized carbons (Fsp3) is 0.500. The number of rotatable bonds is 4. The zero-order valence-corrected chi connectivity index (χ0v) is 10.0. The number of carboxylic acids is 1. The van der Waals surface area contributed by atoms with Gasteiger partial charge in [-0.25, -0.2) is 4.79 Å². The smallest absolute Gasteiger partial charge is 0.325 e. The van der Waals surface area contributed by atoms with E-state index in [9.17, 15) is 9.59 Å². The molecule has 0 unspecified atom stereocenters. The van der Waals surface area contributed by atoms with Gasteiger partial charge in [0.15, 0.2) is 0 Å². The summed E-state index contributed by atoms with van der Waals surface area (Å²) in [5, 5.41) is 17.5. The number of nitrogens with zero attached hydrogens (tertiary/aromatic N) is 2. The largest absolute Gasteiger partial charge is 0.480 e. The summed E-state index contributed by atoms with van der Waals surface area (Å²) in [5.41, 5.74) is 1.85. The SMILES string of the molecule is Cc1c(CNC(=O)N[C@H](C)C(=O)O)cnn1C. The van der Waals surface area contributed by atoms with Crippen molar-refractivity contribution in [3.63, 3.8) is 0 Å². The Morgan fingerprint density at radius 1 is 1.59 bits per heavy atom. The van der Waals surface area contributed by atoms with Gasteiger partial charge >= 0.3 is 12.0 Å². The molecule has 0 saturated heterocycles. The molecule has 3 N–H and O–H groups in total. The van der Waals surface area contributed by atoms with Gasteiger partial charge in [-0.05, 0) is 13.8 Å². The second-order valence-corrected chi connectivity index (χ2v) is 3.77. The maximum atomic E-state index is 11.3. The van der Waals surface area contributed by atoms with E-state index in [1.54, 1.807) is 10.9 Å². The van der Waals surface area contributed by atoms with Crippen molar-refractivity contribution in [2.24, 2.45) is 7.05 Å². The van der Waals surface area contributed by atoms with E-state index in [1.165, 1.54) is 6.92 Å². The molecule has 0 aromatic carbocycles. The Labute approximate surface area is 98.8 Å². The molecule has 0 aliphatic heterocycles. The van der Waals surface area contributed by atoms with Crippen molar-refractivity contribution in [3.8, 4) is 0 Å². The summed E-state index contributed by atoms with van der Waals surface area (Å²) in [7, 11) is 1.81. The molecule has 1 heterocycles. The Morgan fingerprint density at radius 2 is 2.24 bits per heavy atom. The van der Waals surface area contributed by atoms with Crippen LogP contribution in [0.1, 0.15) is 18.2 Å². The quantitative estimate of drug-likeness (QED) is 0.690. The highest BCUT2D eigenvalue weighted by Crippen LogP contribution is 2.04. The standard InChI is InChI=1S/C10H16N4O3/c1-6(9(15)16)13-10(17)11-4-8-5-12-14(3)7(8)2/h5-6H,4H2,1-3H3,(H,15,16)(H2,11,13,17)/t6-/m1/s1. The maximum Gasteiger partial charge on any atom is 0.325 e. The Bertz CT molecular complexity index is 427. The minimum absolute atomic E-state index is 0.317. The molecule has 0 aliphatic carbocycles. The molecule has 0 spiro atoms. The van der Waals surface area contributed by atoms with Crippen molar-refractivity contribution < 1.29 is 14.7 Å². The summed E-state index contributed by atoms with van der Waals surface area (Å²) < 4.78 is 1.70. The van der Waals surface area contributed by atoms with Crippen molar-refractivity contribution in [2.45, 2.75) is 26.4 Å². The zero-order chi connectivity index (χ0) is 13.0. The number of aromatic nitrogens is 2. The topological polar surface area (TPSA) is 96.2 Å². The average Bonchev–Trinajstić information content (AvgIpc) is 2.57. The van der Waals surface area contributed by atoms with Crippen LogP contribution in [0.25, 0.3) is 0 Å². The second kappa shape index (κ2) is 5.33. The molecule has 0 saturated carbocycles. The van der Waals surface area contributed by atoms with Crippen LogP contribution in [0.4, 0.5) is 4.79 Å². The molecule has 94 valence electrons. The lowest BCUT2D eigenvalue weighted by molar-refractivity contribution is -0.138. The van der Waals surface area contributed by atoms with E-state index in [0.29, 0.717) is 6.54 Å². The zero-order valence-electron chi connectivity index (χ0n) is 10.0. The van der Waals surface area contributed by atoms with E-state index >= 15 is 0 Å². The first-order valence-corrected chi connectivity index (χ1v) is 5.16. The minimum atomic E-state index is -1.07. The van der Waals surface area contributed by atoms with Crippen LogP contribution in [0.2, 0.25) is 0 Å². The van der Waals surface area contributed by atoms with E-state index in [4.69, 9.17) is 5.11 Å². The van der Waals surface area contributed by atoms with Gasteiger partial charge < -0.3 is 15.7 Å². The lowest BCUT2D eigenvalue weighted by Crippen LogP contribution is -2.44. The predicted octanol–water partition coefficient (Wildman–Crippen LogP) is 0.000820. The van der Waals surface area contributed by atoms with Gasteiger partial charge in [0.05, 0.1) is 6.20 Å². The van der Waals surface area contributed by atoms with Gasteiger partial charge in [-0.3, -0.25) is 9.48 Å². The fourth-order valence-electron chi connectivity index (χ4n) is 1.20. The lowest BCUT2D eigenvalue weighted by atomic mass is 10.2. The third-order valence-corrected chi connectivity index (χ3v) is 2.49. The number of hydrogen-bond donors (Lipinski definition) is 3. The predicted molar refractivity (Wildman–Crippen MR) is 60.4 cm³/mol. The van der Waals surface area contributed by atoms with Crippen molar-refractivity contribution in [2.75, 3.05) is 0 Å². The van der Waals surface area contributed by atoms with Gasteiger partial charge in [-0.2, -0.15) is 5.10 Å². The van der Waals surface area contributed by atoms with Crippen molar-refractivity contribution in [1.29, 1.82) is 0 Å². The van der Waals surface area contributed by atoms with Crippen LogP contribution < -0.4 is 10.6 Å². The molecule has 1 aromatic heterocycles. The number of urea groups is 1. The van der Waals surface area contributed by atoms with E-state index in [0.717, 1.165) is 11.3 Å². The molecule has 7 heteroatoms. The Balaban J connectivity index is 2.44. The van der Waals surface area contributed by atoms with Crippen molar-refractivity contribution in [3.05, 3.63) is 17.5 Å². The summed E-state index contributed by atoms with van der Waals surface area (Å²) >= 11 is 0. The van der Waals surface area contributed by atoms with Gasteiger partial charge in [-0.1, -0.05) is 0 Å². The van der Waals surface area contributed by atoms with Gasteiger partial charge in [0.25, 0.3) is 0 Å². The highest BCUT2D eigenvalue weighted by atomic mass is 16.4. The van der Waals surface area contributed by atoms with Crippen LogP contribution in [-0.2, 0) is 18.4 Å². The molecule has 1 rings (SSSR count). The molecule has 0 fully saturated rings. The van der Waals surface area contributed by atoms with E-state index in [2.05, 4.69) is 15.7 Å². The Hall–Kier alpha value is -2.05. The minimum Gasteiger partial charge on any atom is -0.480 e. The summed E-state index contributed by atoms with van der Waals surface area (Å²) in [6.45, 7) is 3.61. The highest BCUT2D eigenvalue weighted by molar-refractivity contribution is 5.82. The summed E-state index contributed by atoms with van der Waals surface area (Å²) in [6, 6.07) is -1.42. The number of aryl methyl sites for hydroxylation is 1. The van der Waals surface area contributed by atoms with E-state index < -0.39 is 18.0 Å². The Kier molecular flexibility index (Phi) is 4.08. The van der Waals surface area contributed by atoms with Crippen LogP contribution in [0.15, 0.2) is 6.20 Å². The molecule has 1 atom stereocenters. The molecular formula is C10H16N4O3. The number of aliphatic carboxylic acids is 1. The van der Waals surface area contributed by atoms with Crippen LogP contribution in [0.5, 0.6) is 0 Å². The monoisotopic (exact) mass is 240 g/mol. The first-order valence-electron chi connectivity index (χ1n) is 5.16. The summed E-state index contributed by atoms with van der Waals surface area (Å²) in [4.78, 5) is 21.8. The van der Waals surface area contributed by atoms with E-state index in [-0.39, 0.29) is 0 Å². The molecular weight excluding hydrogens is 224 g/mol. The Morgan fingerprint density at radius 3 is 2.71 bits per heavy atom. The molecule has 2 amide bonds. The molecule has 7 nitrogen and oxygen atoms in total. The van der Waals surface area contributed by atoms with Crippen molar-refractivity contribution in [1.82, 2.24) is 20.4 Å². The first kappa shape index (κ1) is 13.0. The van der Waals surface area contributed by atoms with Crippen LogP contribution in [0.3, 0.4) is 0 Å². The molecule has 0 aliphatic rings. The number of carbonyl (C=O) groups excluding carboxylic acids is 1. The molecule has 17 heavy (non-hydrogen) atoms. The average molecular weight is 240 g/mol. The van der Waals surface area contributed by atoms with Crippen LogP contribution in [-0.4, -0.2) is 32.9 Å². The van der Waals surface area contributed by atoms with E-state index in [1.807, 2.05) is 14.0 Å². The number of amides is 2. The van der Waals surface area contributed by atoms with Gasteiger partial charge in [0.1, 0.15) is 6.04 Å². The van der Waals surface area contributed by atoms with Gasteiger partial charge in [-0.15, -0.1) is 0 Å². The normalized spacial score (nSPS) is 11.9. The second-order valence-electron chi connectivity index (χ2n) is 3.77. The summed E-state index contributed by atoms with van der Waals surface area (Å²) in [5.74, 6) is -1.07. The maximum absolute atomic E-state index is 11.3. The van der Waals surface area contributed by atoms with Crippen LogP contribution >= 0.6 is 0 Å². The van der Waals surface area contributed by atoms with Gasteiger partial charge in [0.2, 0.25) is 0 Å². The number of carboxylic acid groups (broad SMARTS) is 1. The van der Waals surface area contributed by atoms with Crippen LogP contribution in [0, 0.1) is 6.92 Å². The van der Waals surface area contributed by atoms with Crippen molar-refractivity contribution >= 4 is 12.0 Å². The molecule has 0 bridgehead atoms. The highest BCUT2D eigenvalue weighted by Gasteiger charge is 2.13. The summed E-state index contributed by atoms with van der Waals surface area (Å²) in [6.07, 6.45) is 1.66.